The lowest BCUT2D eigenvalue weighted by atomic mass is 9.69. The quantitative estimate of drug-likeness (QED) is 0.583. The Morgan fingerprint density at radius 1 is 1.10 bits per heavy atom. The Labute approximate surface area is 63.6 Å². The molecule has 0 aliphatic rings. The van der Waals surface area contributed by atoms with Crippen molar-refractivity contribution < 1.29 is 5.21 Å². The molecule has 0 aromatic heterocycles. The van der Waals surface area contributed by atoms with E-state index in [-0.39, 0.29) is 10.8 Å². The fourth-order valence-electron chi connectivity index (χ4n) is 0.463. The predicted octanol–water partition coefficient (Wildman–Crippen LogP) is 2.04. The van der Waals surface area contributed by atoms with Crippen molar-refractivity contribution in [3.05, 3.63) is 0 Å². The van der Waals surface area contributed by atoms with Crippen molar-refractivity contribution in [2.24, 2.45) is 10.8 Å². The summed E-state index contributed by atoms with van der Waals surface area (Å²) < 4.78 is 0. The van der Waals surface area contributed by atoms with Gasteiger partial charge in [0.2, 0.25) is 0 Å². The van der Waals surface area contributed by atoms with Crippen LogP contribution in [-0.2, 0) is 0 Å². The van der Waals surface area contributed by atoms with Gasteiger partial charge in [0.15, 0.2) is 0 Å². The minimum atomic E-state index is 0.127. The normalized spacial score (nSPS) is 13.8. The molecule has 0 fully saturated rings. The topological polar surface area (TPSA) is 32.3 Å². The van der Waals surface area contributed by atoms with Crippen LogP contribution in [0.25, 0.3) is 0 Å². The minimum Gasteiger partial charge on any atom is -0.317 e. The van der Waals surface area contributed by atoms with E-state index in [1.54, 1.807) is 0 Å². The summed E-state index contributed by atoms with van der Waals surface area (Å²) in [6, 6.07) is 0. The van der Waals surface area contributed by atoms with Crippen LogP contribution in [0.1, 0.15) is 34.6 Å². The first kappa shape index (κ1) is 9.92. The van der Waals surface area contributed by atoms with Crippen molar-refractivity contribution >= 4 is 0 Å². The molecule has 0 amide bonds. The zero-order chi connectivity index (χ0) is 8.41. The van der Waals surface area contributed by atoms with Gasteiger partial charge in [-0.25, -0.2) is 5.48 Å². The fraction of sp³-hybridized carbons (Fsp3) is 1.00. The summed E-state index contributed by atoms with van der Waals surface area (Å²) in [6.07, 6.45) is 0. The van der Waals surface area contributed by atoms with Crippen molar-refractivity contribution in [3.63, 3.8) is 0 Å². The van der Waals surface area contributed by atoms with Gasteiger partial charge in [-0.15, -0.1) is 0 Å². The summed E-state index contributed by atoms with van der Waals surface area (Å²) >= 11 is 0. The van der Waals surface area contributed by atoms with Gasteiger partial charge in [0.1, 0.15) is 0 Å². The van der Waals surface area contributed by atoms with Crippen LogP contribution in [0.4, 0.5) is 0 Å². The molecule has 0 aliphatic carbocycles. The van der Waals surface area contributed by atoms with Gasteiger partial charge in [-0.2, -0.15) is 0 Å². The highest BCUT2D eigenvalue weighted by Gasteiger charge is 2.31. The molecule has 0 spiro atoms. The first-order valence-corrected chi connectivity index (χ1v) is 3.68. The summed E-state index contributed by atoms with van der Waals surface area (Å²) in [7, 11) is 0. The molecule has 62 valence electrons. The summed E-state index contributed by atoms with van der Waals surface area (Å²) in [5.41, 5.74) is 2.57. The van der Waals surface area contributed by atoms with Gasteiger partial charge in [-0.3, -0.25) is 0 Å². The third-order valence-corrected chi connectivity index (χ3v) is 2.55. The third kappa shape index (κ3) is 2.27. The third-order valence-electron chi connectivity index (χ3n) is 2.55. The molecule has 0 saturated carbocycles. The molecule has 2 N–H and O–H groups in total. The summed E-state index contributed by atoms with van der Waals surface area (Å²) in [5.74, 6) is 0. The highest BCUT2D eigenvalue weighted by atomic mass is 16.5. The molecule has 0 rings (SSSR count). The second-order valence-electron chi connectivity index (χ2n) is 4.47. The predicted molar refractivity (Wildman–Crippen MR) is 43.0 cm³/mol. The van der Waals surface area contributed by atoms with Crippen LogP contribution in [-0.4, -0.2) is 11.8 Å². The van der Waals surface area contributed by atoms with E-state index in [0.717, 1.165) is 0 Å². The molecule has 0 atom stereocenters. The Bertz CT molecular complexity index is 102. The standard InChI is InChI=1S/C8H19NO/c1-7(2,3)8(4,5)6-9-10/h9-10H,6H2,1-5H3. The highest BCUT2D eigenvalue weighted by molar-refractivity contribution is 4.82. The number of hydrogen-bond acceptors (Lipinski definition) is 2. The lowest BCUT2D eigenvalue weighted by Crippen LogP contribution is -2.38. The Hall–Kier alpha value is -0.0800. The van der Waals surface area contributed by atoms with E-state index in [1.807, 2.05) is 0 Å². The van der Waals surface area contributed by atoms with Crippen LogP contribution in [0.3, 0.4) is 0 Å². The smallest absolute Gasteiger partial charge is 0.0263 e. The Balaban J connectivity index is 4.10. The number of rotatable bonds is 2. The monoisotopic (exact) mass is 145 g/mol. The maximum Gasteiger partial charge on any atom is 0.0263 e. The molecule has 0 radical (unpaired) electrons. The van der Waals surface area contributed by atoms with E-state index in [4.69, 9.17) is 5.21 Å². The Kier molecular flexibility index (Phi) is 2.86. The van der Waals surface area contributed by atoms with E-state index < -0.39 is 0 Å². The molecule has 0 saturated heterocycles. The van der Waals surface area contributed by atoms with Crippen molar-refractivity contribution in [1.82, 2.24) is 5.48 Å². The molecular weight excluding hydrogens is 126 g/mol. The van der Waals surface area contributed by atoms with Gasteiger partial charge < -0.3 is 5.21 Å². The molecule has 0 bridgehead atoms. The summed E-state index contributed by atoms with van der Waals surface area (Å²) in [4.78, 5) is 0. The lowest BCUT2D eigenvalue weighted by molar-refractivity contribution is 0.0592. The number of nitrogens with one attached hydrogen (secondary N) is 1. The molecule has 10 heavy (non-hydrogen) atoms. The molecule has 0 aromatic rings. The van der Waals surface area contributed by atoms with E-state index in [2.05, 4.69) is 40.1 Å². The van der Waals surface area contributed by atoms with Crippen LogP contribution < -0.4 is 5.48 Å². The van der Waals surface area contributed by atoms with Crippen LogP contribution in [0.2, 0.25) is 0 Å². The highest BCUT2D eigenvalue weighted by Crippen LogP contribution is 2.36. The van der Waals surface area contributed by atoms with E-state index >= 15 is 0 Å². The SMILES string of the molecule is CC(C)(C)C(C)(C)CNO. The van der Waals surface area contributed by atoms with Gasteiger partial charge in [0.05, 0.1) is 0 Å². The maximum atomic E-state index is 8.52. The van der Waals surface area contributed by atoms with Crippen molar-refractivity contribution in [2.45, 2.75) is 34.6 Å². The van der Waals surface area contributed by atoms with E-state index in [9.17, 15) is 0 Å². The second-order valence-corrected chi connectivity index (χ2v) is 4.47. The van der Waals surface area contributed by atoms with Crippen LogP contribution in [0, 0.1) is 10.8 Å². The average Bonchev–Trinajstić information content (AvgIpc) is 1.61. The molecule has 2 heteroatoms. The summed E-state index contributed by atoms with van der Waals surface area (Å²) in [6.45, 7) is 11.4. The Morgan fingerprint density at radius 2 is 1.50 bits per heavy atom. The van der Waals surface area contributed by atoms with Gasteiger partial charge in [-0.05, 0) is 10.8 Å². The number of hydroxylamine groups is 1. The minimum absolute atomic E-state index is 0.127. The lowest BCUT2D eigenvalue weighted by Gasteiger charge is -2.38. The van der Waals surface area contributed by atoms with Crippen molar-refractivity contribution in [1.29, 1.82) is 0 Å². The molecule has 2 nitrogen and oxygen atoms in total. The van der Waals surface area contributed by atoms with Gasteiger partial charge in [-0.1, -0.05) is 34.6 Å². The van der Waals surface area contributed by atoms with Crippen molar-refractivity contribution in [2.75, 3.05) is 6.54 Å². The van der Waals surface area contributed by atoms with Crippen LogP contribution in [0.15, 0.2) is 0 Å². The zero-order valence-electron chi connectivity index (χ0n) is 7.65. The first-order chi connectivity index (χ1) is 4.31. The fourth-order valence-corrected chi connectivity index (χ4v) is 0.463. The first-order valence-electron chi connectivity index (χ1n) is 3.68. The van der Waals surface area contributed by atoms with E-state index in [0.29, 0.717) is 6.54 Å². The molecule has 0 aromatic carbocycles. The molecule has 0 unspecified atom stereocenters. The largest absolute Gasteiger partial charge is 0.317 e. The summed E-state index contributed by atoms with van der Waals surface area (Å²) in [5, 5.41) is 8.52. The van der Waals surface area contributed by atoms with E-state index in [1.165, 1.54) is 0 Å². The number of hydrogen-bond donors (Lipinski definition) is 2. The second kappa shape index (κ2) is 2.89. The van der Waals surface area contributed by atoms with Crippen LogP contribution in [0.5, 0.6) is 0 Å². The van der Waals surface area contributed by atoms with Crippen molar-refractivity contribution in [3.8, 4) is 0 Å². The van der Waals surface area contributed by atoms with Crippen LogP contribution >= 0.6 is 0 Å². The maximum absolute atomic E-state index is 8.52. The van der Waals surface area contributed by atoms with Gasteiger partial charge >= 0.3 is 0 Å². The molecule has 0 aliphatic heterocycles. The zero-order valence-corrected chi connectivity index (χ0v) is 7.65. The Morgan fingerprint density at radius 3 is 1.60 bits per heavy atom. The molecular formula is C8H19NO. The average molecular weight is 145 g/mol. The van der Waals surface area contributed by atoms with Gasteiger partial charge in [0.25, 0.3) is 0 Å². The molecule has 0 heterocycles. The van der Waals surface area contributed by atoms with Gasteiger partial charge in [0, 0.05) is 6.54 Å².